The number of imide groups is 1. The molecule has 3 heterocycles. The van der Waals surface area contributed by atoms with Gasteiger partial charge in [-0.25, -0.2) is 19.0 Å². The molecule has 4 unspecified atom stereocenters. The van der Waals surface area contributed by atoms with Crippen molar-refractivity contribution in [2.45, 2.75) is 12.1 Å². The number of benzene rings is 2. The van der Waals surface area contributed by atoms with Crippen LogP contribution in [0, 0.1) is 11.3 Å². The van der Waals surface area contributed by atoms with Gasteiger partial charge in [-0.2, -0.15) is 10.2 Å². The van der Waals surface area contributed by atoms with Gasteiger partial charge in [0, 0.05) is 10.8 Å². The number of carbonyl (C=O) groups is 3. The summed E-state index contributed by atoms with van der Waals surface area (Å²) in [4.78, 5) is 41.3. The van der Waals surface area contributed by atoms with E-state index in [4.69, 9.17) is 0 Å². The van der Waals surface area contributed by atoms with Crippen LogP contribution in [0.1, 0.15) is 5.56 Å². The lowest BCUT2D eigenvalue weighted by molar-refractivity contribution is -0.853. The summed E-state index contributed by atoms with van der Waals surface area (Å²) < 4.78 is -0.359. The van der Waals surface area contributed by atoms with Gasteiger partial charge in [-0.1, -0.05) is 24.3 Å². The van der Waals surface area contributed by atoms with E-state index in [-0.39, 0.29) is 23.6 Å². The number of aliphatic carboxylic acids is 1. The van der Waals surface area contributed by atoms with Gasteiger partial charge < -0.3 is 5.11 Å². The monoisotopic (exact) mass is 363 g/mol. The average molecular weight is 363 g/mol. The summed E-state index contributed by atoms with van der Waals surface area (Å²) in [5.74, 6) is -1.43. The maximum absolute atomic E-state index is 13.4. The fourth-order valence-corrected chi connectivity index (χ4v) is 4.82. The molecule has 2 aromatic rings. The van der Waals surface area contributed by atoms with Crippen LogP contribution >= 0.6 is 0 Å². The molecule has 8 nitrogen and oxygen atoms in total. The molecule has 0 radical (unpaired) electrons. The standard InChI is InChI=1S/C19H14N4O4/c20-7-11-5-6-14(13-4-2-1-3-12(11)13)22-17(24)15-8-21-9-16(18(25)26)23(15,10-21)19(22)27/h1-6,15-16H,8-10H2/p+1. The molecule has 3 aliphatic rings. The summed E-state index contributed by atoms with van der Waals surface area (Å²) in [6.07, 6.45) is 0. The zero-order valence-corrected chi connectivity index (χ0v) is 14.2. The quantitative estimate of drug-likeness (QED) is 0.633. The minimum atomic E-state index is -1.06. The second-order valence-electron chi connectivity index (χ2n) is 7.22. The smallest absolute Gasteiger partial charge is 0.433 e. The third kappa shape index (κ3) is 1.79. The number of nitrogens with zero attached hydrogens (tertiary/aromatic N) is 4. The van der Waals surface area contributed by atoms with Crippen LogP contribution in [-0.4, -0.2) is 64.2 Å². The van der Waals surface area contributed by atoms with Gasteiger partial charge in [0.15, 0.2) is 6.04 Å². The molecule has 2 bridgehead atoms. The minimum absolute atomic E-state index is 0.247. The highest BCUT2D eigenvalue weighted by Gasteiger charge is 2.73. The Morgan fingerprint density at radius 3 is 2.59 bits per heavy atom. The zero-order chi connectivity index (χ0) is 18.9. The number of piperazine rings is 1. The maximum atomic E-state index is 13.4. The summed E-state index contributed by atoms with van der Waals surface area (Å²) >= 11 is 0. The van der Waals surface area contributed by atoms with Crippen molar-refractivity contribution in [3.63, 3.8) is 0 Å². The van der Waals surface area contributed by atoms with Crippen molar-refractivity contribution in [1.29, 1.82) is 5.26 Å². The molecule has 4 atom stereocenters. The lowest BCUT2D eigenvalue weighted by Gasteiger charge is -2.31. The highest BCUT2D eigenvalue weighted by atomic mass is 16.4. The van der Waals surface area contributed by atoms with Gasteiger partial charge in [0.25, 0.3) is 5.91 Å². The third-order valence-corrected chi connectivity index (χ3v) is 6.01. The van der Waals surface area contributed by atoms with E-state index >= 15 is 0 Å². The Hall–Kier alpha value is -3.28. The van der Waals surface area contributed by atoms with Crippen LogP contribution in [-0.2, 0) is 9.59 Å². The van der Waals surface area contributed by atoms with E-state index in [1.54, 1.807) is 36.4 Å². The summed E-state index contributed by atoms with van der Waals surface area (Å²) in [5, 5.41) is 20.2. The molecule has 27 heavy (non-hydrogen) atoms. The average Bonchev–Trinajstić information content (AvgIpc) is 3.30. The molecule has 2 aromatic carbocycles. The Morgan fingerprint density at radius 1 is 1.15 bits per heavy atom. The number of rotatable bonds is 2. The molecule has 3 aliphatic heterocycles. The van der Waals surface area contributed by atoms with E-state index in [0.29, 0.717) is 28.6 Å². The Bertz CT molecular complexity index is 1090. The van der Waals surface area contributed by atoms with Crippen LogP contribution < -0.4 is 4.90 Å². The summed E-state index contributed by atoms with van der Waals surface area (Å²) in [6, 6.07) is 10.3. The lowest BCUT2D eigenvalue weighted by Crippen LogP contribution is -2.62. The highest BCUT2D eigenvalue weighted by molar-refractivity contribution is 6.22. The Kier molecular flexibility index (Phi) is 3.03. The molecule has 134 valence electrons. The number of fused-ring (bicyclic) bond motifs is 2. The van der Waals surface area contributed by atoms with E-state index in [9.17, 15) is 24.8 Å². The van der Waals surface area contributed by atoms with Crippen LogP contribution in [0.15, 0.2) is 36.4 Å². The molecule has 3 saturated heterocycles. The molecule has 0 saturated carbocycles. The van der Waals surface area contributed by atoms with E-state index in [1.165, 1.54) is 0 Å². The number of hydrogen-bond acceptors (Lipinski definition) is 5. The fourth-order valence-electron chi connectivity index (χ4n) is 4.82. The topological polar surface area (TPSA) is 102 Å². The van der Waals surface area contributed by atoms with Crippen molar-refractivity contribution in [2.75, 3.05) is 24.7 Å². The Balaban J connectivity index is 1.70. The van der Waals surface area contributed by atoms with Gasteiger partial charge in [0.1, 0.15) is 6.67 Å². The van der Waals surface area contributed by atoms with Crippen molar-refractivity contribution >= 4 is 34.4 Å². The second kappa shape index (κ2) is 5.13. The SMILES string of the molecule is N#Cc1ccc(N2C(=O)C3CN4CC(C(=O)O)[N+]3(C4)C2=O)c2ccccc12. The first-order chi connectivity index (χ1) is 13.0. The van der Waals surface area contributed by atoms with Gasteiger partial charge in [-0.05, 0) is 12.1 Å². The molecule has 0 aliphatic carbocycles. The molecule has 3 fully saturated rings. The zero-order valence-electron chi connectivity index (χ0n) is 14.2. The predicted octanol–water partition coefficient (Wildman–Crippen LogP) is 1.10. The van der Waals surface area contributed by atoms with Crippen LogP contribution in [0.4, 0.5) is 10.5 Å². The maximum Gasteiger partial charge on any atom is 0.433 e. The number of amides is 3. The van der Waals surface area contributed by atoms with Crippen molar-refractivity contribution in [3.05, 3.63) is 42.0 Å². The summed E-state index contributed by atoms with van der Waals surface area (Å²) in [5.41, 5.74) is 0.862. The number of nitriles is 1. The first-order valence-electron chi connectivity index (χ1n) is 8.62. The summed E-state index contributed by atoms with van der Waals surface area (Å²) in [6.45, 7) is 0.906. The highest BCUT2D eigenvalue weighted by Crippen LogP contribution is 2.44. The predicted molar refractivity (Wildman–Crippen MR) is 93.5 cm³/mol. The van der Waals surface area contributed by atoms with Crippen molar-refractivity contribution < 1.29 is 24.0 Å². The van der Waals surface area contributed by atoms with Gasteiger partial charge in [-0.15, -0.1) is 0 Å². The lowest BCUT2D eigenvalue weighted by atomic mass is 10.0. The molecule has 0 aromatic heterocycles. The minimum Gasteiger partial charge on any atom is -0.477 e. The van der Waals surface area contributed by atoms with E-state index in [0.717, 1.165) is 4.90 Å². The first kappa shape index (κ1) is 15.9. The second-order valence-corrected chi connectivity index (χ2v) is 7.22. The molecule has 5 rings (SSSR count). The number of quaternary nitrogens is 1. The van der Waals surface area contributed by atoms with E-state index < -0.39 is 24.1 Å². The number of carboxylic acid groups (broad SMARTS) is 1. The number of carbonyl (C=O) groups excluding carboxylic acids is 2. The first-order valence-corrected chi connectivity index (χ1v) is 8.62. The van der Waals surface area contributed by atoms with Gasteiger partial charge in [0.2, 0.25) is 6.04 Å². The van der Waals surface area contributed by atoms with Crippen LogP contribution in [0.25, 0.3) is 10.8 Å². The Labute approximate surface area is 154 Å². The van der Waals surface area contributed by atoms with Crippen LogP contribution in [0.5, 0.6) is 0 Å². The van der Waals surface area contributed by atoms with E-state index in [2.05, 4.69) is 6.07 Å². The molecule has 8 heteroatoms. The van der Waals surface area contributed by atoms with Gasteiger partial charge >= 0.3 is 12.0 Å². The number of urea groups is 1. The van der Waals surface area contributed by atoms with Crippen LogP contribution in [0.2, 0.25) is 0 Å². The molecular formula is C19H15N4O4+. The number of hydrogen-bond donors (Lipinski definition) is 1. The third-order valence-electron chi connectivity index (χ3n) is 6.01. The van der Waals surface area contributed by atoms with E-state index in [1.807, 2.05) is 4.90 Å². The van der Waals surface area contributed by atoms with Crippen molar-refractivity contribution in [1.82, 2.24) is 4.90 Å². The molecule has 1 N–H and O–H groups in total. The van der Waals surface area contributed by atoms with Gasteiger partial charge in [-0.3, -0.25) is 4.79 Å². The van der Waals surface area contributed by atoms with Crippen molar-refractivity contribution in [2.24, 2.45) is 0 Å². The normalized spacial score (nSPS) is 31.4. The molecule has 3 amide bonds. The molecular weight excluding hydrogens is 348 g/mol. The summed E-state index contributed by atoms with van der Waals surface area (Å²) in [7, 11) is 0. The largest absolute Gasteiger partial charge is 0.477 e. The van der Waals surface area contributed by atoms with Crippen molar-refractivity contribution in [3.8, 4) is 6.07 Å². The van der Waals surface area contributed by atoms with Gasteiger partial charge in [0.05, 0.1) is 30.4 Å². The molecule has 1 spiro atoms. The Morgan fingerprint density at radius 2 is 1.89 bits per heavy atom. The fraction of sp³-hybridized carbons (Fsp3) is 0.263. The van der Waals surface area contributed by atoms with Crippen LogP contribution in [0.3, 0.4) is 0 Å². The number of carboxylic acids is 1. The number of anilines is 1.